The maximum atomic E-state index is 12.3. The van der Waals surface area contributed by atoms with Gasteiger partial charge in [0.05, 0.1) is 5.69 Å². The summed E-state index contributed by atoms with van der Waals surface area (Å²) in [7, 11) is 2.00. The van der Waals surface area contributed by atoms with E-state index in [1.807, 2.05) is 57.3 Å². The minimum Gasteiger partial charge on any atom is -0.346 e. The van der Waals surface area contributed by atoms with Crippen LogP contribution in [0.4, 0.5) is 5.69 Å². The molecule has 0 saturated heterocycles. The van der Waals surface area contributed by atoms with Crippen LogP contribution in [-0.2, 0) is 7.05 Å². The lowest BCUT2D eigenvalue weighted by Crippen LogP contribution is -2.12. The molecule has 0 saturated carbocycles. The monoisotopic (exact) mass is 311 g/mol. The van der Waals surface area contributed by atoms with Crippen molar-refractivity contribution in [1.29, 1.82) is 0 Å². The maximum Gasteiger partial charge on any atom is 0.275 e. The van der Waals surface area contributed by atoms with Crippen molar-refractivity contribution < 1.29 is 4.79 Å². The number of hydrogen-bond acceptors (Lipinski definition) is 3. The normalized spacial score (nSPS) is 10.7. The van der Waals surface area contributed by atoms with Crippen molar-refractivity contribution in [3.63, 3.8) is 0 Å². The van der Waals surface area contributed by atoms with E-state index in [0.717, 1.165) is 27.6 Å². The summed E-state index contributed by atoms with van der Waals surface area (Å²) < 4.78 is 2.07. The van der Waals surface area contributed by atoms with Gasteiger partial charge in [0, 0.05) is 23.8 Å². The molecule has 1 amide bonds. The fraction of sp³-hybridized carbons (Fsp3) is 0.176. The Morgan fingerprint density at radius 3 is 2.50 bits per heavy atom. The third-order valence-electron chi connectivity index (χ3n) is 3.64. The molecule has 3 rings (SSSR count). The van der Waals surface area contributed by atoms with Gasteiger partial charge in [-0.1, -0.05) is 17.7 Å². The van der Waals surface area contributed by atoms with E-state index >= 15 is 0 Å². The fourth-order valence-corrected chi connectivity index (χ4v) is 3.02. The van der Waals surface area contributed by atoms with Crippen LogP contribution >= 0.6 is 11.3 Å². The van der Waals surface area contributed by atoms with Gasteiger partial charge in [0.15, 0.2) is 0 Å². The van der Waals surface area contributed by atoms with Crippen molar-refractivity contribution in [2.24, 2.45) is 7.05 Å². The van der Waals surface area contributed by atoms with Gasteiger partial charge in [0.1, 0.15) is 10.7 Å². The smallest absolute Gasteiger partial charge is 0.275 e. The first-order chi connectivity index (χ1) is 10.5. The van der Waals surface area contributed by atoms with Gasteiger partial charge in [-0.05, 0) is 38.1 Å². The van der Waals surface area contributed by atoms with Crippen LogP contribution in [0.5, 0.6) is 0 Å². The molecule has 112 valence electrons. The highest BCUT2D eigenvalue weighted by molar-refractivity contribution is 7.13. The van der Waals surface area contributed by atoms with Crippen molar-refractivity contribution in [2.75, 3.05) is 5.32 Å². The molecule has 0 aliphatic carbocycles. The highest BCUT2D eigenvalue weighted by Crippen LogP contribution is 2.25. The zero-order chi connectivity index (χ0) is 15.7. The molecule has 2 heterocycles. The number of benzene rings is 1. The summed E-state index contributed by atoms with van der Waals surface area (Å²) in [5.74, 6) is -0.183. The van der Waals surface area contributed by atoms with Crippen LogP contribution in [0.15, 0.2) is 41.8 Å². The number of hydrogen-bond donors (Lipinski definition) is 1. The molecule has 5 heteroatoms. The molecular formula is C17H17N3OS. The van der Waals surface area contributed by atoms with Crippen molar-refractivity contribution in [3.8, 4) is 10.7 Å². The van der Waals surface area contributed by atoms with Crippen LogP contribution < -0.4 is 5.32 Å². The van der Waals surface area contributed by atoms with Crippen LogP contribution in [0, 0.1) is 13.8 Å². The van der Waals surface area contributed by atoms with Gasteiger partial charge in [0.25, 0.3) is 5.91 Å². The van der Waals surface area contributed by atoms with E-state index in [4.69, 9.17) is 0 Å². The standard InChI is InChI=1S/C17H17N3OS/c1-11-4-7-13(8-5-11)18-16(21)14-10-22-17(19-14)15-9-6-12(2)20(15)3/h4-10H,1-3H3,(H,18,21). The second-order valence-corrected chi connectivity index (χ2v) is 6.14. The van der Waals surface area contributed by atoms with Crippen LogP contribution in [0.2, 0.25) is 0 Å². The highest BCUT2D eigenvalue weighted by atomic mass is 32.1. The average Bonchev–Trinajstić information content (AvgIpc) is 3.10. The van der Waals surface area contributed by atoms with Crippen molar-refractivity contribution >= 4 is 22.9 Å². The third kappa shape index (κ3) is 2.80. The van der Waals surface area contributed by atoms with Crippen molar-refractivity contribution in [1.82, 2.24) is 9.55 Å². The quantitative estimate of drug-likeness (QED) is 0.794. The molecule has 0 bridgehead atoms. The van der Waals surface area contributed by atoms with Crippen molar-refractivity contribution in [3.05, 3.63) is 58.7 Å². The zero-order valence-corrected chi connectivity index (χ0v) is 13.6. The summed E-state index contributed by atoms with van der Waals surface area (Å²) in [5.41, 5.74) is 4.57. The number of nitrogens with zero attached hydrogens (tertiary/aromatic N) is 2. The molecule has 4 nitrogen and oxygen atoms in total. The van der Waals surface area contributed by atoms with Gasteiger partial charge in [-0.25, -0.2) is 4.98 Å². The molecule has 0 aliphatic rings. The highest BCUT2D eigenvalue weighted by Gasteiger charge is 2.14. The predicted molar refractivity (Wildman–Crippen MR) is 90.4 cm³/mol. The van der Waals surface area contributed by atoms with Gasteiger partial charge in [-0.3, -0.25) is 4.79 Å². The summed E-state index contributed by atoms with van der Waals surface area (Å²) in [5, 5.41) is 5.51. The lowest BCUT2D eigenvalue weighted by Gasteiger charge is -2.03. The summed E-state index contributed by atoms with van der Waals surface area (Å²) in [6, 6.07) is 11.8. The molecule has 0 fully saturated rings. The first kappa shape index (κ1) is 14.5. The van der Waals surface area contributed by atoms with Crippen LogP contribution in [0.1, 0.15) is 21.7 Å². The van der Waals surface area contributed by atoms with E-state index in [1.54, 1.807) is 5.38 Å². The third-order valence-corrected chi connectivity index (χ3v) is 4.50. The SMILES string of the molecule is Cc1ccc(NC(=O)c2csc(-c3ccc(C)n3C)n2)cc1. The summed E-state index contributed by atoms with van der Waals surface area (Å²) in [6.45, 7) is 4.06. The second kappa shape index (κ2) is 5.77. The van der Waals surface area contributed by atoms with E-state index in [2.05, 4.69) is 14.9 Å². The summed E-state index contributed by atoms with van der Waals surface area (Å²) in [6.07, 6.45) is 0. The topological polar surface area (TPSA) is 46.9 Å². The van der Waals surface area contributed by atoms with Crippen LogP contribution in [-0.4, -0.2) is 15.5 Å². The lowest BCUT2D eigenvalue weighted by molar-refractivity contribution is 0.102. The Morgan fingerprint density at radius 1 is 1.14 bits per heavy atom. The molecule has 0 aliphatic heterocycles. The maximum absolute atomic E-state index is 12.3. The molecule has 0 spiro atoms. The number of carbonyl (C=O) groups is 1. The van der Waals surface area contributed by atoms with Gasteiger partial charge in [-0.2, -0.15) is 0 Å². The van der Waals surface area contributed by atoms with E-state index in [9.17, 15) is 4.79 Å². The number of carbonyl (C=O) groups excluding carboxylic acids is 1. The molecule has 2 aromatic heterocycles. The molecule has 0 unspecified atom stereocenters. The predicted octanol–water partition coefficient (Wildman–Crippen LogP) is 4.02. The molecule has 0 atom stereocenters. The number of thiazole rings is 1. The van der Waals surface area contributed by atoms with Gasteiger partial charge in [-0.15, -0.1) is 11.3 Å². The molecule has 1 N–H and O–H groups in total. The Balaban J connectivity index is 1.80. The van der Waals surface area contributed by atoms with Crippen molar-refractivity contribution in [2.45, 2.75) is 13.8 Å². The van der Waals surface area contributed by atoms with Gasteiger partial charge >= 0.3 is 0 Å². The lowest BCUT2D eigenvalue weighted by atomic mass is 10.2. The van der Waals surface area contributed by atoms with Gasteiger partial charge < -0.3 is 9.88 Å². The molecule has 0 radical (unpaired) electrons. The Kier molecular flexibility index (Phi) is 3.81. The fourth-order valence-electron chi connectivity index (χ4n) is 2.16. The van der Waals surface area contributed by atoms with E-state index in [0.29, 0.717) is 5.69 Å². The number of amides is 1. The minimum absolute atomic E-state index is 0.183. The average molecular weight is 311 g/mol. The number of aryl methyl sites for hydroxylation is 2. The Morgan fingerprint density at radius 2 is 1.86 bits per heavy atom. The Bertz CT molecular complexity index is 815. The van der Waals surface area contributed by atoms with E-state index in [1.165, 1.54) is 11.3 Å². The summed E-state index contributed by atoms with van der Waals surface area (Å²) >= 11 is 1.48. The van der Waals surface area contributed by atoms with Gasteiger partial charge in [0.2, 0.25) is 0 Å². The molecule has 1 aromatic carbocycles. The first-order valence-electron chi connectivity index (χ1n) is 7.01. The van der Waals surface area contributed by atoms with Crippen LogP contribution in [0.25, 0.3) is 10.7 Å². The summed E-state index contributed by atoms with van der Waals surface area (Å²) in [4.78, 5) is 16.7. The number of anilines is 1. The van der Waals surface area contributed by atoms with E-state index < -0.39 is 0 Å². The molecule has 22 heavy (non-hydrogen) atoms. The zero-order valence-electron chi connectivity index (χ0n) is 12.8. The first-order valence-corrected chi connectivity index (χ1v) is 7.89. The molecular weight excluding hydrogens is 294 g/mol. The number of nitrogens with one attached hydrogen (secondary N) is 1. The van der Waals surface area contributed by atoms with E-state index in [-0.39, 0.29) is 5.91 Å². The number of aromatic nitrogens is 2. The Hall–Kier alpha value is -2.40. The second-order valence-electron chi connectivity index (χ2n) is 5.28. The largest absolute Gasteiger partial charge is 0.346 e. The van der Waals surface area contributed by atoms with Crippen LogP contribution in [0.3, 0.4) is 0 Å². The minimum atomic E-state index is -0.183. The Labute approximate surface area is 133 Å². The molecule has 3 aromatic rings. The number of rotatable bonds is 3.